The average Bonchev–Trinajstić information content (AvgIpc) is 2.28. The Morgan fingerprint density at radius 3 is 2.71 bits per heavy atom. The van der Waals surface area contributed by atoms with Gasteiger partial charge in [-0.05, 0) is 25.2 Å². The zero-order chi connectivity index (χ0) is 12.4. The van der Waals surface area contributed by atoms with E-state index < -0.39 is 6.09 Å². The number of carbonyl (C=O) groups is 2. The first kappa shape index (κ1) is 12.4. The van der Waals surface area contributed by atoms with E-state index in [-0.39, 0.29) is 17.9 Å². The Hall–Kier alpha value is -1.06. The highest BCUT2D eigenvalue weighted by molar-refractivity contribution is 5.89. The molecule has 0 N–H and O–H groups in total. The molecule has 1 saturated heterocycles. The molecular formula is C13H21NO3. The van der Waals surface area contributed by atoms with Gasteiger partial charge >= 0.3 is 12.1 Å². The summed E-state index contributed by atoms with van der Waals surface area (Å²) in [6, 6.07) is 0.0937. The fourth-order valence-electron chi connectivity index (χ4n) is 2.77. The van der Waals surface area contributed by atoms with Crippen LogP contribution in [0.5, 0.6) is 0 Å². The van der Waals surface area contributed by atoms with Crippen LogP contribution in [0, 0.1) is 11.8 Å². The minimum Gasteiger partial charge on any atom is -0.376 e. The zero-order valence-corrected chi connectivity index (χ0v) is 10.6. The van der Waals surface area contributed by atoms with Crippen molar-refractivity contribution in [2.24, 2.45) is 11.8 Å². The minimum absolute atomic E-state index is 0.0754. The second-order valence-electron chi connectivity index (χ2n) is 5.52. The maximum Gasteiger partial charge on any atom is 0.417 e. The molecule has 1 heterocycles. The molecule has 2 rings (SSSR count). The number of nitrogens with zero attached hydrogens (tertiary/aromatic N) is 1. The number of ether oxygens (including phenoxy) is 1. The minimum atomic E-state index is -0.432. The standard InChI is InChI=1S/C13H21NO3/c1-9(2)7-8-14-11-6-4-3-5-10(11)12(15)17-13(14)16/h9-11H,3-8H2,1-2H3. The van der Waals surface area contributed by atoms with Gasteiger partial charge in [0.25, 0.3) is 0 Å². The quantitative estimate of drug-likeness (QED) is 0.561. The van der Waals surface area contributed by atoms with Crippen molar-refractivity contribution in [2.45, 2.75) is 52.0 Å². The SMILES string of the molecule is CC(C)CCN1C(=O)OC(=O)C2CCCCC21. The van der Waals surface area contributed by atoms with Gasteiger partial charge in [0.15, 0.2) is 0 Å². The molecule has 0 aromatic heterocycles. The summed E-state index contributed by atoms with van der Waals surface area (Å²) >= 11 is 0. The molecule has 0 radical (unpaired) electrons. The molecule has 1 aliphatic carbocycles. The Labute approximate surface area is 102 Å². The molecule has 0 aromatic rings. The Kier molecular flexibility index (Phi) is 3.69. The van der Waals surface area contributed by atoms with Gasteiger partial charge in [-0.15, -0.1) is 0 Å². The van der Waals surface area contributed by atoms with Crippen molar-refractivity contribution in [1.29, 1.82) is 0 Å². The predicted octanol–water partition coefficient (Wildman–Crippen LogP) is 2.57. The molecule has 4 nitrogen and oxygen atoms in total. The Morgan fingerprint density at radius 2 is 2.00 bits per heavy atom. The van der Waals surface area contributed by atoms with Crippen LogP contribution >= 0.6 is 0 Å². The highest BCUT2D eigenvalue weighted by Gasteiger charge is 2.43. The van der Waals surface area contributed by atoms with Gasteiger partial charge in [-0.1, -0.05) is 26.7 Å². The van der Waals surface area contributed by atoms with Gasteiger partial charge in [0.2, 0.25) is 0 Å². The van der Waals surface area contributed by atoms with Crippen LogP contribution < -0.4 is 0 Å². The van der Waals surface area contributed by atoms with Crippen LogP contribution in [0.2, 0.25) is 0 Å². The molecule has 4 heteroatoms. The number of rotatable bonds is 3. The molecular weight excluding hydrogens is 218 g/mol. The Morgan fingerprint density at radius 1 is 1.29 bits per heavy atom. The van der Waals surface area contributed by atoms with Crippen LogP contribution in [0.3, 0.4) is 0 Å². The lowest BCUT2D eigenvalue weighted by Gasteiger charge is -2.41. The van der Waals surface area contributed by atoms with Gasteiger partial charge in [-0.25, -0.2) is 4.79 Å². The lowest BCUT2D eigenvalue weighted by atomic mass is 9.82. The summed E-state index contributed by atoms with van der Waals surface area (Å²) in [6.07, 6.45) is 4.53. The van der Waals surface area contributed by atoms with E-state index in [4.69, 9.17) is 4.74 Å². The predicted molar refractivity (Wildman–Crippen MR) is 63.4 cm³/mol. The van der Waals surface area contributed by atoms with Crippen LogP contribution in [0.4, 0.5) is 4.79 Å². The van der Waals surface area contributed by atoms with Crippen molar-refractivity contribution >= 4 is 12.1 Å². The van der Waals surface area contributed by atoms with Gasteiger partial charge in [-0.3, -0.25) is 4.79 Å². The van der Waals surface area contributed by atoms with Crippen molar-refractivity contribution in [3.05, 3.63) is 0 Å². The molecule has 0 aromatic carbocycles. The lowest BCUT2D eigenvalue weighted by Crippen LogP contribution is -2.54. The third-order valence-electron chi connectivity index (χ3n) is 3.80. The van der Waals surface area contributed by atoms with E-state index in [1.165, 1.54) is 0 Å². The first-order chi connectivity index (χ1) is 8.09. The summed E-state index contributed by atoms with van der Waals surface area (Å²) in [5.74, 6) is 0.177. The molecule has 0 spiro atoms. The maximum absolute atomic E-state index is 11.8. The van der Waals surface area contributed by atoms with Gasteiger partial charge in [0.05, 0.1) is 5.92 Å². The Bertz CT molecular complexity index is 314. The van der Waals surface area contributed by atoms with Crippen LogP contribution in [-0.2, 0) is 9.53 Å². The number of hydrogen-bond donors (Lipinski definition) is 0. The van der Waals surface area contributed by atoms with Crippen LogP contribution in [0.25, 0.3) is 0 Å². The summed E-state index contributed by atoms with van der Waals surface area (Å²) in [7, 11) is 0. The number of amides is 1. The molecule has 2 fully saturated rings. The van der Waals surface area contributed by atoms with Crippen molar-refractivity contribution in [3.63, 3.8) is 0 Å². The summed E-state index contributed by atoms with van der Waals surface area (Å²) in [5.41, 5.74) is 0. The molecule has 1 saturated carbocycles. The van der Waals surface area contributed by atoms with Crippen molar-refractivity contribution < 1.29 is 14.3 Å². The summed E-state index contributed by atoms with van der Waals surface area (Å²) in [5, 5.41) is 0. The van der Waals surface area contributed by atoms with Crippen LogP contribution in [-0.4, -0.2) is 29.5 Å². The molecule has 2 atom stereocenters. The summed E-state index contributed by atoms with van der Waals surface area (Å²) < 4.78 is 4.85. The van der Waals surface area contributed by atoms with E-state index in [1.54, 1.807) is 4.90 Å². The summed E-state index contributed by atoms with van der Waals surface area (Å²) in [4.78, 5) is 25.2. The molecule has 96 valence electrons. The average molecular weight is 239 g/mol. The zero-order valence-electron chi connectivity index (χ0n) is 10.6. The third kappa shape index (κ3) is 2.61. The van der Waals surface area contributed by atoms with E-state index in [1.807, 2.05) is 0 Å². The fourth-order valence-corrected chi connectivity index (χ4v) is 2.77. The number of hydrogen-bond acceptors (Lipinski definition) is 3. The first-order valence-electron chi connectivity index (χ1n) is 6.62. The van der Waals surface area contributed by atoms with E-state index in [0.717, 1.165) is 32.1 Å². The summed E-state index contributed by atoms with van der Waals surface area (Å²) in [6.45, 7) is 4.99. The van der Waals surface area contributed by atoms with Crippen LogP contribution in [0.1, 0.15) is 46.0 Å². The van der Waals surface area contributed by atoms with E-state index >= 15 is 0 Å². The molecule has 1 amide bonds. The first-order valence-corrected chi connectivity index (χ1v) is 6.62. The molecule has 1 aliphatic heterocycles. The number of fused-ring (bicyclic) bond motifs is 1. The molecule has 2 unspecified atom stereocenters. The second kappa shape index (κ2) is 5.07. The van der Waals surface area contributed by atoms with E-state index in [2.05, 4.69) is 13.8 Å². The largest absolute Gasteiger partial charge is 0.417 e. The van der Waals surface area contributed by atoms with Crippen LogP contribution in [0.15, 0.2) is 0 Å². The van der Waals surface area contributed by atoms with Crippen molar-refractivity contribution in [3.8, 4) is 0 Å². The fraction of sp³-hybridized carbons (Fsp3) is 0.846. The Balaban J connectivity index is 2.06. The van der Waals surface area contributed by atoms with Gasteiger partial charge in [0.1, 0.15) is 0 Å². The number of esters is 1. The number of cyclic esters (lactones) is 2. The highest BCUT2D eigenvalue weighted by atomic mass is 16.6. The smallest absolute Gasteiger partial charge is 0.376 e. The molecule has 2 aliphatic rings. The highest BCUT2D eigenvalue weighted by Crippen LogP contribution is 2.33. The topological polar surface area (TPSA) is 46.6 Å². The monoisotopic (exact) mass is 239 g/mol. The van der Waals surface area contributed by atoms with Gasteiger partial charge < -0.3 is 9.64 Å². The van der Waals surface area contributed by atoms with Crippen molar-refractivity contribution in [1.82, 2.24) is 4.90 Å². The maximum atomic E-state index is 11.8. The van der Waals surface area contributed by atoms with Gasteiger partial charge in [0, 0.05) is 12.6 Å². The molecule has 0 bridgehead atoms. The second-order valence-corrected chi connectivity index (χ2v) is 5.52. The third-order valence-corrected chi connectivity index (χ3v) is 3.80. The lowest BCUT2D eigenvalue weighted by molar-refractivity contribution is -0.152. The van der Waals surface area contributed by atoms with Crippen molar-refractivity contribution in [2.75, 3.05) is 6.54 Å². The number of carbonyl (C=O) groups excluding carboxylic acids is 2. The van der Waals surface area contributed by atoms with E-state index in [9.17, 15) is 9.59 Å². The van der Waals surface area contributed by atoms with E-state index in [0.29, 0.717) is 12.5 Å². The molecule has 17 heavy (non-hydrogen) atoms. The van der Waals surface area contributed by atoms with Gasteiger partial charge in [-0.2, -0.15) is 0 Å². The normalized spacial score (nSPS) is 29.2.